The number of carboxylic acids is 1. The highest BCUT2D eigenvalue weighted by Crippen LogP contribution is 2.69. The molecule has 0 amide bonds. The molecule has 2 bridgehead atoms. The van der Waals surface area contributed by atoms with E-state index in [1.807, 2.05) is 0 Å². The zero-order valence-electron chi connectivity index (χ0n) is 14.5. The van der Waals surface area contributed by atoms with E-state index in [-0.39, 0.29) is 23.7 Å². The molecule has 3 saturated carbocycles. The minimum atomic E-state index is -0.884. The number of halogens is 1. The summed E-state index contributed by atoms with van der Waals surface area (Å²) in [6, 6.07) is 0. The van der Waals surface area contributed by atoms with Crippen molar-refractivity contribution < 1.29 is 19.4 Å². The summed E-state index contributed by atoms with van der Waals surface area (Å²) in [7, 11) is 0. The van der Waals surface area contributed by atoms with Crippen molar-refractivity contribution in [3.63, 3.8) is 0 Å². The fourth-order valence-electron chi connectivity index (χ4n) is 6.69. The van der Waals surface area contributed by atoms with E-state index in [4.69, 9.17) is 4.74 Å². The molecule has 1 aliphatic heterocycles. The Morgan fingerprint density at radius 3 is 2.50 bits per heavy atom. The van der Waals surface area contributed by atoms with Gasteiger partial charge in [0.25, 0.3) is 0 Å². The van der Waals surface area contributed by atoms with Crippen LogP contribution < -0.4 is 0 Å². The molecule has 5 heteroatoms. The van der Waals surface area contributed by atoms with Crippen molar-refractivity contribution in [1.29, 1.82) is 0 Å². The first kappa shape index (κ1) is 16.9. The van der Waals surface area contributed by atoms with Crippen LogP contribution in [-0.2, 0) is 14.3 Å². The molecule has 3 aliphatic carbocycles. The third kappa shape index (κ3) is 2.15. The van der Waals surface area contributed by atoms with E-state index in [0.29, 0.717) is 17.3 Å². The van der Waals surface area contributed by atoms with Crippen molar-refractivity contribution in [2.24, 2.45) is 34.5 Å². The molecule has 6 atom stereocenters. The summed E-state index contributed by atoms with van der Waals surface area (Å²) in [5.74, 6) is -0.478. The molecule has 1 heterocycles. The fraction of sp³-hybridized carbons (Fsp3) is 0.895. The van der Waals surface area contributed by atoms with E-state index in [1.54, 1.807) is 0 Å². The van der Waals surface area contributed by atoms with Crippen molar-refractivity contribution in [2.75, 3.05) is 5.33 Å². The Kier molecular flexibility index (Phi) is 3.66. The van der Waals surface area contributed by atoms with Gasteiger partial charge in [-0.15, -0.1) is 0 Å². The Morgan fingerprint density at radius 1 is 1.25 bits per heavy atom. The average molecular weight is 399 g/mol. The maximum atomic E-state index is 12.6. The molecular formula is C19H27BrO4. The number of alkyl halides is 1. The molecular weight excluding hydrogens is 372 g/mol. The molecule has 0 aromatic carbocycles. The average Bonchev–Trinajstić information content (AvgIpc) is 2.71. The van der Waals surface area contributed by atoms with Crippen LogP contribution in [0.4, 0.5) is 0 Å². The molecule has 1 spiro atoms. The third-order valence-corrected chi connectivity index (χ3v) is 9.06. The van der Waals surface area contributed by atoms with Gasteiger partial charge >= 0.3 is 11.9 Å². The summed E-state index contributed by atoms with van der Waals surface area (Å²) in [4.78, 5) is 23.9. The molecule has 0 unspecified atom stereocenters. The van der Waals surface area contributed by atoms with Gasteiger partial charge in [-0.05, 0) is 55.3 Å². The number of hydrogen-bond donors (Lipinski definition) is 1. The van der Waals surface area contributed by atoms with Crippen molar-refractivity contribution in [1.82, 2.24) is 0 Å². The van der Waals surface area contributed by atoms with Gasteiger partial charge in [0, 0.05) is 17.2 Å². The van der Waals surface area contributed by atoms with E-state index >= 15 is 0 Å². The Bertz CT molecular complexity index is 588. The van der Waals surface area contributed by atoms with Crippen LogP contribution in [0.5, 0.6) is 0 Å². The molecule has 4 rings (SSSR count). The number of fused-ring (bicyclic) bond motifs is 2. The zero-order valence-corrected chi connectivity index (χ0v) is 16.1. The van der Waals surface area contributed by atoms with Crippen LogP contribution in [-0.4, -0.2) is 28.0 Å². The van der Waals surface area contributed by atoms with Gasteiger partial charge in [-0.2, -0.15) is 0 Å². The summed E-state index contributed by atoms with van der Waals surface area (Å²) in [5, 5.41) is 10.2. The smallest absolute Gasteiger partial charge is 0.310 e. The first-order valence-corrected chi connectivity index (χ1v) is 10.4. The molecule has 1 saturated heterocycles. The minimum absolute atomic E-state index is 0.0760. The number of esters is 1. The number of aliphatic carboxylic acids is 1. The molecule has 24 heavy (non-hydrogen) atoms. The first-order chi connectivity index (χ1) is 11.2. The van der Waals surface area contributed by atoms with Gasteiger partial charge in [0.05, 0.1) is 12.3 Å². The molecule has 1 N–H and O–H groups in total. The maximum Gasteiger partial charge on any atom is 0.310 e. The quantitative estimate of drug-likeness (QED) is 0.575. The molecule has 0 radical (unpaired) electrons. The van der Waals surface area contributed by atoms with Gasteiger partial charge in [-0.1, -0.05) is 29.8 Å². The molecule has 134 valence electrons. The van der Waals surface area contributed by atoms with Gasteiger partial charge in [-0.25, -0.2) is 0 Å². The van der Waals surface area contributed by atoms with Crippen molar-refractivity contribution in [3.05, 3.63) is 0 Å². The number of ether oxygens (including phenoxy) is 1. The van der Waals surface area contributed by atoms with Crippen molar-refractivity contribution in [3.8, 4) is 0 Å². The molecule has 0 aromatic rings. The van der Waals surface area contributed by atoms with Crippen LogP contribution in [0.2, 0.25) is 0 Å². The SMILES string of the molecule is CC1(C)C[C@@H]2[C@H]1CC[C@]1(CBr)CC[C@H]3[C@@H](CC(=O)O)C(=O)O[C@]23C1. The van der Waals surface area contributed by atoms with Gasteiger partial charge in [0.2, 0.25) is 0 Å². The highest BCUT2D eigenvalue weighted by Gasteiger charge is 2.70. The van der Waals surface area contributed by atoms with Gasteiger partial charge < -0.3 is 9.84 Å². The lowest BCUT2D eigenvalue weighted by Gasteiger charge is -2.59. The minimum Gasteiger partial charge on any atom is -0.481 e. The predicted octanol–water partition coefficient (Wildman–Crippen LogP) is 4.01. The van der Waals surface area contributed by atoms with Crippen molar-refractivity contribution >= 4 is 27.9 Å². The van der Waals surface area contributed by atoms with E-state index in [1.165, 1.54) is 12.8 Å². The summed E-state index contributed by atoms with van der Waals surface area (Å²) >= 11 is 3.74. The Morgan fingerprint density at radius 2 is 1.92 bits per heavy atom. The van der Waals surface area contributed by atoms with Crippen LogP contribution in [0.3, 0.4) is 0 Å². The Labute approximate surface area is 151 Å². The third-order valence-electron chi connectivity index (χ3n) is 7.87. The van der Waals surface area contributed by atoms with Crippen LogP contribution in [0.25, 0.3) is 0 Å². The Balaban J connectivity index is 1.75. The number of carboxylic acid groups (broad SMARTS) is 1. The van der Waals surface area contributed by atoms with Crippen LogP contribution in [0, 0.1) is 34.5 Å². The second-order valence-electron chi connectivity index (χ2n) is 9.48. The van der Waals surface area contributed by atoms with Crippen molar-refractivity contribution in [2.45, 2.75) is 64.4 Å². The number of hydrogen-bond acceptors (Lipinski definition) is 3. The summed E-state index contributed by atoms with van der Waals surface area (Å²) in [6.07, 6.45) is 6.36. The van der Waals surface area contributed by atoms with E-state index in [0.717, 1.165) is 31.0 Å². The second kappa shape index (κ2) is 5.21. The summed E-state index contributed by atoms with van der Waals surface area (Å²) in [5.41, 5.74) is 0.120. The van der Waals surface area contributed by atoms with E-state index in [2.05, 4.69) is 29.8 Å². The maximum absolute atomic E-state index is 12.6. The second-order valence-corrected chi connectivity index (χ2v) is 10.0. The van der Waals surface area contributed by atoms with Crippen LogP contribution >= 0.6 is 15.9 Å². The largest absolute Gasteiger partial charge is 0.481 e. The zero-order chi connectivity index (χ0) is 17.3. The highest BCUT2D eigenvalue weighted by atomic mass is 79.9. The van der Waals surface area contributed by atoms with E-state index < -0.39 is 17.5 Å². The molecule has 4 nitrogen and oxygen atoms in total. The number of carbonyl (C=O) groups excluding carboxylic acids is 1. The normalized spacial score (nSPS) is 48.5. The summed E-state index contributed by atoms with van der Waals surface area (Å²) in [6.45, 7) is 4.67. The Hall–Kier alpha value is -0.580. The number of carbonyl (C=O) groups is 2. The van der Waals surface area contributed by atoms with Crippen LogP contribution in [0.15, 0.2) is 0 Å². The lowest BCUT2D eigenvalue weighted by atomic mass is 9.47. The molecule has 4 fully saturated rings. The standard InChI is InChI=1S/C19H27BrO4/c1-17(2)8-14-13(17)4-6-18(10-20)5-3-12-11(7-15(21)22)16(23)24-19(12,14)9-18/h11-14H,3-10H2,1-2H3,(H,21,22)/t11-,12+,13-,14-,18-,19+/m1/s1. The summed E-state index contributed by atoms with van der Waals surface area (Å²) < 4.78 is 6.15. The van der Waals surface area contributed by atoms with Crippen LogP contribution in [0.1, 0.15) is 58.8 Å². The monoisotopic (exact) mass is 398 g/mol. The first-order valence-electron chi connectivity index (χ1n) is 9.24. The highest BCUT2D eigenvalue weighted by molar-refractivity contribution is 9.09. The molecule has 0 aromatic heterocycles. The van der Waals surface area contributed by atoms with Gasteiger partial charge in [0.15, 0.2) is 0 Å². The lowest BCUT2D eigenvalue weighted by molar-refractivity contribution is -0.191. The molecule has 4 aliphatic rings. The fourth-order valence-corrected chi connectivity index (χ4v) is 7.45. The number of rotatable bonds is 3. The van der Waals surface area contributed by atoms with E-state index in [9.17, 15) is 14.7 Å². The van der Waals surface area contributed by atoms with Gasteiger partial charge in [-0.3, -0.25) is 9.59 Å². The predicted molar refractivity (Wildman–Crippen MR) is 92.7 cm³/mol. The van der Waals surface area contributed by atoms with Gasteiger partial charge in [0.1, 0.15) is 5.60 Å². The topological polar surface area (TPSA) is 63.6 Å². The lowest BCUT2D eigenvalue weighted by Crippen LogP contribution is -2.59.